The van der Waals surface area contributed by atoms with E-state index < -0.39 is 9.84 Å². The van der Waals surface area contributed by atoms with Gasteiger partial charge in [0.2, 0.25) is 0 Å². The maximum Gasteiger partial charge on any atom is 0.199 e. The van der Waals surface area contributed by atoms with E-state index in [0.29, 0.717) is 0 Å². The van der Waals surface area contributed by atoms with Crippen LogP contribution in [0.5, 0.6) is 0 Å². The molecule has 0 heterocycles. The molecule has 0 amide bonds. The van der Waals surface area contributed by atoms with Crippen LogP contribution in [0, 0.1) is 0 Å². The molecule has 0 atom stereocenters. The minimum atomic E-state index is -3.38. The van der Waals surface area contributed by atoms with Gasteiger partial charge in [0.1, 0.15) is 0 Å². The van der Waals surface area contributed by atoms with E-state index in [0.717, 1.165) is 16.8 Å². The highest BCUT2D eigenvalue weighted by Crippen LogP contribution is 2.22. The lowest BCUT2D eigenvalue weighted by Crippen LogP contribution is -2.00. The number of hydrogen-bond donors (Lipinski definition) is 2. The fourth-order valence-electron chi connectivity index (χ4n) is 1.15. The van der Waals surface area contributed by atoms with Crippen LogP contribution >= 0.6 is 0 Å². The highest BCUT2D eigenvalue weighted by molar-refractivity contribution is 7.94. The van der Waals surface area contributed by atoms with Crippen molar-refractivity contribution in [3.8, 4) is 0 Å². The van der Waals surface area contributed by atoms with Crippen molar-refractivity contribution in [3.63, 3.8) is 0 Å². The second kappa shape index (κ2) is 4.35. The highest BCUT2D eigenvalue weighted by Gasteiger charge is 2.11. The van der Waals surface area contributed by atoms with Gasteiger partial charge in [0.05, 0.1) is 4.90 Å². The number of nitrogens with one attached hydrogen (secondary N) is 2. The van der Waals surface area contributed by atoms with E-state index in [9.17, 15) is 8.42 Å². The number of anilines is 2. The van der Waals surface area contributed by atoms with Gasteiger partial charge in [-0.15, -0.1) is 0 Å². The van der Waals surface area contributed by atoms with Crippen molar-refractivity contribution in [2.24, 2.45) is 0 Å². The summed E-state index contributed by atoms with van der Waals surface area (Å²) in [6.45, 7) is 3.29. The van der Waals surface area contributed by atoms with E-state index in [1.54, 1.807) is 26.2 Å². The number of sulfone groups is 1. The van der Waals surface area contributed by atoms with Crippen LogP contribution in [0.25, 0.3) is 0 Å². The van der Waals surface area contributed by atoms with Gasteiger partial charge in [-0.2, -0.15) is 0 Å². The molecule has 0 saturated carbocycles. The van der Waals surface area contributed by atoms with E-state index in [1.807, 2.05) is 6.07 Å². The molecule has 1 rings (SSSR count). The van der Waals surface area contributed by atoms with E-state index >= 15 is 0 Å². The van der Waals surface area contributed by atoms with Crippen molar-refractivity contribution in [2.45, 2.75) is 4.90 Å². The van der Waals surface area contributed by atoms with E-state index in [1.165, 1.54) is 0 Å². The molecule has 0 saturated heterocycles. The summed E-state index contributed by atoms with van der Waals surface area (Å²) in [5, 5.41) is 6.74. The van der Waals surface area contributed by atoms with Gasteiger partial charge in [-0.05, 0) is 18.2 Å². The van der Waals surface area contributed by atoms with Crippen LogP contribution in [0.1, 0.15) is 0 Å². The van der Waals surface area contributed by atoms with Gasteiger partial charge >= 0.3 is 0 Å². The van der Waals surface area contributed by atoms with Gasteiger partial charge in [-0.25, -0.2) is 8.42 Å². The van der Waals surface area contributed by atoms with Crippen molar-refractivity contribution < 1.29 is 8.42 Å². The molecule has 0 radical (unpaired) electrons. The minimum absolute atomic E-state index is 0.230. The summed E-state index contributed by atoms with van der Waals surface area (Å²) in [5.74, 6) is 0. The van der Waals surface area contributed by atoms with Crippen LogP contribution in [0.3, 0.4) is 0 Å². The van der Waals surface area contributed by atoms with Crippen LogP contribution in [-0.2, 0) is 9.84 Å². The predicted octanol–water partition coefficient (Wildman–Crippen LogP) is 1.69. The van der Waals surface area contributed by atoms with Crippen LogP contribution in [0.15, 0.2) is 35.1 Å². The Bertz CT molecular complexity index is 444. The van der Waals surface area contributed by atoms with Crippen molar-refractivity contribution in [2.75, 3.05) is 24.7 Å². The summed E-state index contributed by atoms with van der Waals surface area (Å²) in [7, 11) is 0.0909. The summed E-state index contributed by atoms with van der Waals surface area (Å²) in [5.41, 5.74) is 1.48. The molecule has 0 aliphatic heterocycles. The number of hydrogen-bond acceptors (Lipinski definition) is 4. The van der Waals surface area contributed by atoms with Gasteiger partial charge in [0.15, 0.2) is 9.84 Å². The molecule has 0 bridgehead atoms. The molecule has 1 aromatic carbocycles. The minimum Gasteiger partial charge on any atom is -0.388 e. The second-order valence-electron chi connectivity index (χ2n) is 2.96. The van der Waals surface area contributed by atoms with Gasteiger partial charge in [-0.1, -0.05) is 6.58 Å². The molecule has 15 heavy (non-hydrogen) atoms. The molecule has 0 aliphatic carbocycles. The zero-order valence-corrected chi connectivity index (χ0v) is 9.56. The van der Waals surface area contributed by atoms with Crippen molar-refractivity contribution in [1.82, 2.24) is 0 Å². The molecule has 0 fully saturated rings. The van der Waals surface area contributed by atoms with Crippen LogP contribution < -0.4 is 10.6 Å². The molecule has 0 aliphatic rings. The fourth-order valence-corrected chi connectivity index (χ4v) is 1.92. The molecular weight excluding hydrogens is 212 g/mol. The predicted molar refractivity (Wildman–Crippen MR) is 62.9 cm³/mol. The third-order valence-corrected chi connectivity index (χ3v) is 3.36. The van der Waals surface area contributed by atoms with Crippen LogP contribution in [0.2, 0.25) is 0 Å². The summed E-state index contributed by atoms with van der Waals surface area (Å²) < 4.78 is 23.1. The second-order valence-corrected chi connectivity index (χ2v) is 4.85. The average molecular weight is 226 g/mol. The summed E-state index contributed by atoms with van der Waals surface area (Å²) >= 11 is 0. The molecule has 4 nitrogen and oxygen atoms in total. The monoisotopic (exact) mass is 226 g/mol. The Hall–Kier alpha value is -1.49. The van der Waals surface area contributed by atoms with Gasteiger partial charge in [0.25, 0.3) is 0 Å². The average Bonchev–Trinajstić information content (AvgIpc) is 2.28. The maximum absolute atomic E-state index is 11.6. The lowest BCUT2D eigenvalue weighted by molar-refractivity contribution is 0.605. The molecule has 0 unspecified atom stereocenters. The molecule has 0 spiro atoms. The first-order chi connectivity index (χ1) is 7.03. The first-order valence-corrected chi connectivity index (χ1v) is 5.96. The van der Waals surface area contributed by atoms with Gasteiger partial charge in [-0.3, -0.25) is 0 Å². The Morgan fingerprint density at radius 1 is 1.13 bits per heavy atom. The Kier molecular flexibility index (Phi) is 3.36. The molecule has 5 heteroatoms. The molecule has 2 N–H and O–H groups in total. The third-order valence-electron chi connectivity index (χ3n) is 2.03. The van der Waals surface area contributed by atoms with E-state index in [-0.39, 0.29) is 4.90 Å². The molecule has 1 aromatic rings. The lowest BCUT2D eigenvalue weighted by Gasteiger charge is -2.08. The summed E-state index contributed by atoms with van der Waals surface area (Å²) in [6.07, 6.45) is 0. The fraction of sp³-hybridized carbons (Fsp3) is 0.200. The normalized spacial score (nSPS) is 10.8. The molecular formula is C10H14N2O2S. The first-order valence-electron chi connectivity index (χ1n) is 4.41. The number of benzene rings is 1. The summed E-state index contributed by atoms with van der Waals surface area (Å²) in [6, 6.07) is 4.96. The van der Waals surface area contributed by atoms with E-state index in [2.05, 4.69) is 17.2 Å². The standard InChI is InChI=1S/C10H14N2O2S/c1-4-15(13,14)10-6-8(11-2)5-9(7-10)12-3/h4-7,11-12H,1H2,2-3H3. The van der Waals surface area contributed by atoms with Crippen molar-refractivity contribution >= 4 is 21.2 Å². The Morgan fingerprint density at radius 3 is 1.93 bits per heavy atom. The largest absolute Gasteiger partial charge is 0.388 e. The SMILES string of the molecule is C=CS(=O)(=O)c1cc(NC)cc(NC)c1. The molecule has 0 aromatic heterocycles. The molecule has 82 valence electrons. The van der Waals surface area contributed by atoms with Crippen molar-refractivity contribution in [3.05, 3.63) is 30.2 Å². The Labute approximate surface area is 89.9 Å². The zero-order valence-electron chi connectivity index (χ0n) is 8.74. The third kappa shape index (κ3) is 2.50. The highest BCUT2D eigenvalue weighted by atomic mass is 32.2. The Balaban J connectivity index is 3.36. The Morgan fingerprint density at radius 2 is 1.60 bits per heavy atom. The van der Waals surface area contributed by atoms with E-state index in [4.69, 9.17) is 0 Å². The first kappa shape index (κ1) is 11.6. The van der Waals surface area contributed by atoms with Crippen molar-refractivity contribution in [1.29, 1.82) is 0 Å². The maximum atomic E-state index is 11.6. The summed E-state index contributed by atoms with van der Waals surface area (Å²) in [4.78, 5) is 0.230. The lowest BCUT2D eigenvalue weighted by atomic mass is 10.3. The van der Waals surface area contributed by atoms with Gasteiger partial charge < -0.3 is 10.6 Å². The number of rotatable bonds is 4. The van der Waals surface area contributed by atoms with Crippen LogP contribution in [0.4, 0.5) is 11.4 Å². The van der Waals surface area contributed by atoms with Crippen LogP contribution in [-0.4, -0.2) is 22.5 Å². The zero-order chi connectivity index (χ0) is 11.5. The smallest absolute Gasteiger partial charge is 0.199 e. The van der Waals surface area contributed by atoms with Gasteiger partial charge in [0, 0.05) is 30.9 Å². The topological polar surface area (TPSA) is 58.2 Å². The quantitative estimate of drug-likeness (QED) is 0.820.